The maximum Gasteiger partial charge on any atom is 0.261 e. The number of amides is 4. The van der Waals surface area contributed by atoms with Gasteiger partial charge in [-0.1, -0.05) is 157 Å². The normalized spacial score (nSPS) is 15.6. The van der Waals surface area contributed by atoms with Gasteiger partial charge in [0, 0.05) is 57.1 Å². The number of unbranched alkanes of at least 4 members (excludes halogenated alkanes) is 14. The zero-order chi connectivity index (χ0) is 44.4. The van der Waals surface area contributed by atoms with E-state index in [1.54, 1.807) is 4.90 Å². The predicted molar refractivity (Wildman–Crippen MR) is 277 cm³/mol. The van der Waals surface area contributed by atoms with Crippen LogP contribution in [0.1, 0.15) is 163 Å². The third-order valence-corrected chi connectivity index (χ3v) is 17.5. The minimum atomic E-state index is -0.270. The zero-order valence-corrected chi connectivity index (χ0v) is 41.0. The average Bonchev–Trinajstić information content (AvgIpc) is 3.84. The number of imide groups is 2. The second-order valence-electron chi connectivity index (χ2n) is 17.8. The van der Waals surface area contributed by atoms with E-state index in [0.29, 0.717) is 40.6 Å². The van der Waals surface area contributed by atoms with Gasteiger partial charge in [0.15, 0.2) is 0 Å². The van der Waals surface area contributed by atoms with Gasteiger partial charge in [-0.15, -0.1) is 0 Å². The van der Waals surface area contributed by atoms with Crippen LogP contribution in [-0.4, -0.2) is 70.0 Å². The molecule has 3 aliphatic rings. The van der Waals surface area contributed by atoms with Gasteiger partial charge in [-0.25, -0.2) is 0 Å². The van der Waals surface area contributed by atoms with Crippen LogP contribution in [0.3, 0.4) is 0 Å². The van der Waals surface area contributed by atoms with Crippen molar-refractivity contribution in [1.29, 1.82) is 0 Å². The van der Waals surface area contributed by atoms with E-state index in [9.17, 15) is 19.2 Å². The predicted octanol–water partition coefficient (Wildman–Crippen LogP) is 15.1. The van der Waals surface area contributed by atoms with Crippen molar-refractivity contribution in [3.8, 4) is 0 Å². The molecule has 5 aromatic rings. The van der Waals surface area contributed by atoms with Crippen LogP contribution in [0.2, 0.25) is 0 Å². The molecule has 0 spiro atoms. The Hall–Kier alpha value is -2.92. The SMILES string of the molecule is CSSCCCCCCCCCCC(CCCCCCCCCCSSC)N1C(=O)c2ccc3c4ccc5c6c(ccc(c7ccc(c2c37)C1=O)c64)C(=O)N(CC[C]1[CH][CH][CH][CH]1)C5=O. The van der Waals surface area contributed by atoms with E-state index in [2.05, 4.69) is 12.5 Å². The van der Waals surface area contributed by atoms with Gasteiger partial charge in [-0.05, 0) is 133 Å². The van der Waals surface area contributed by atoms with Crippen molar-refractivity contribution in [2.24, 2.45) is 0 Å². The third kappa shape index (κ3) is 10.3. The Labute approximate surface area is 397 Å². The van der Waals surface area contributed by atoms with Gasteiger partial charge in [-0.3, -0.25) is 29.0 Å². The highest BCUT2D eigenvalue weighted by molar-refractivity contribution is 8.76. The molecule has 5 radical (unpaired) electrons. The molecule has 2 aliphatic heterocycles. The molecule has 2 heterocycles. The minimum Gasteiger partial charge on any atom is -0.274 e. The van der Waals surface area contributed by atoms with Crippen LogP contribution in [0.25, 0.3) is 43.1 Å². The van der Waals surface area contributed by atoms with Gasteiger partial charge in [0.2, 0.25) is 0 Å². The van der Waals surface area contributed by atoms with E-state index in [0.717, 1.165) is 82.1 Å². The van der Waals surface area contributed by atoms with Gasteiger partial charge >= 0.3 is 0 Å². The molecule has 5 aromatic carbocycles. The van der Waals surface area contributed by atoms with Crippen molar-refractivity contribution in [3.05, 3.63) is 102 Å². The van der Waals surface area contributed by atoms with Crippen molar-refractivity contribution in [2.45, 2.75) is 128 Å². The van der Waals surface area contributed by atoms with Crippen molar-refractivity contribution < 1.29 is 19.2 Å². The van der Waals surface area contributed by atoms with E-state index < -0.39 is 0 Å². The van der Waals surface area contributed by atoms with Gasteiger partial charge < -0.3 is 0 Å². The third-order valence-electron chi connectivity index (χ3n) is 13.7. The van der Waals surface area contributed by atoms with Gasteiger partial charge in [0.25, 0.3) is 23.6 Å². The molecule has 1 saturated carbocycles. The first kappa shape index (κ1) is 47.6. The van der Waals surface area contributed by atoms with E-state index >= 15 is 0 Å². The largest absolute Gasteiger partial charge is 0.274 e. The van der Waals surface area contributed by atoms with E-state index in [-0.39, 0.29) is 29.7 Å². The fourth-order valence-corrected chi connectivity index (χ4v) is 13.1. The Morgan fingerprint density at radius 3 is 1.19 bits per heavy atom. The summed E-state index contributed by atoms with van der Waals surface area (Å²) in [5, 5.41) is 6.89. The van der Waals surface area contributed by atoms with Crippen molar-refractivity contribution in [1.82, 2.24) is 9.80 Å². The molecule has 0 bridgehead atoms. The van der Waals surface area contributed by atoms with Crippen molar-refractivity contribution in [3.63, 3.8) is 0 Å². The molecule has 1 fully saturated rings. The summed E-state index contributed by atoms with van der Waals surface area (Å²) in [6, 6.07) is 15.5. The van der Waals surface area contributed by atoms with Crippen LogP contribution in [0.5, 0.6) is 0 Å². The van der Waals surface area contributed by atoms with Crippen LogP contribution in [0.4, 0.5) is 0 Å². The molecule has 0 unspecified atom stereocenters. The summed E-state index contributed by atoms with van der Waals surface area (Å²) in [6.07, 6.45) is 34.1. The zero-order valence-electron chi connectivity index (χ0n) is 37.7. The Balaban J connectivity index is 1.01. The quantitative estimate of drug-likeness (QED) is 0.0161. The molecule has 6 nitrogen and oxygen atoms in total. The molecule has 0 aromatic heterocycles. The summed E-state index contributed by atoms with van der Waals surface area (Å²) in [5.74, 6) is 2.67. The highest BCUT2D eigenvalue weighted by atomic mass is 33.1. The molecule has 0 saturated heterocycles. The second kappa shape index (κ2) is 23.2. The standard InChI is InChI=1S/C54H63N2O4S4/c1-61-63-35-19-13-9-5-3-7-11-15-23-38(24-16-12-8-4-6-10-14-20-36-64-62-2)56-53(59)45-31-27-41-39-25-29-43-49-44(52(58)55(51(43)57)34-33-37-21-17-18-22-37)30-26-40(47(39)49)42-28-32-46(54(56)60)50(45)48(41)42/h17-18,21-22,25-32,38H,3-16,19-20,23-24,33-36H2,1-2H3. The van der Waals surface area contributed by atoms with Gasteiger partial charge in [0.05, 0.1) is 0 Å². The number of benzene rings is 5. The smallest absolute Gasteiger partial charge is 0.261 e. The monoisotopic (exact) mass is 931 g/mol. The van der Waals surface area contributed by atoms with Crippen LogP contribution >= 0.6 is 43.2 Å². The summed E-state index contributed by atoms with van der Waals surface area (Å²) in [4.78, 5) is 60.7. The molecule has 0 atom stereocenters. The van der Waals surface area contributed by atoms with Crippen LogP contribution in [0.15, 0.2) is 48.5 Å². The Bertz CT molecular complexity index is 2280. The summed E-state index contributed by atoms with van der Waals surface area (Å²) in [6.45, 7) is 0.316. The highest BCUT2D eigenvalue weighted by Crippen LogP contribution is 2.47. The molecule has 337 valence electrons. The van der Waals surface area contributed by atoms with E-state index in [1.807, 2.05) is 117 Å². The number of carbonyl (C=O) groups excluding carboxylic acids is 4. The second-order valence-corrected chi connectivity index (χ2v) is 23.2. The number of hydrogen-bond donors (Lipinski definition) is 0. The topological polar surface area (TPSA) is 74.8 Å². The first-order valence-electron chi connectivity index (χ1n) is 23.9. The molecule has 8 rings (SSSR count). The number of hydrogen-bond acceptors (Lipinski definition) is 8. The molecular weight excluding hydrogens is 869 g/mol. The molecule has 4 amide bonds. The fraction of sp³-hybridized carbons (Fsp3) is 0.463. The Morgan fingerprint density at radius 1 is 0.438 bits per heavy atom. The molecule has 64 heavy (non-hydrogen) atoms. The number of rotatable bonds is 28. The Morgan fingerprint density at radius 2 is 0.797 bits per heavy atom. The maximum atomic E-state index is 14.8. The highest BCUT2D eigenvalue weighted by Gasteiger charge is 2.39. The molecular formula is C54H63N2O4S4. The van der Waals surface area contributed by atoms with Gasteiger partial charge in [0.1, 0.15) is 0 Å². The van der Waals surface area contributed by atoms with Gasteiger partial charge in [-0.2, -0.15) is 0 Å². The van der Waals surface area contributed by atoms with Crippen LogP contribution in [0, 0.1) is 31.6 Å². The summed E-state index contributed by atoms with van der Waals surface area (Å²) in [7, 11) is 7.62. The number of fused-ring (bicyclic) bond motifs is 2. The Kier molecular flexibility index (Phi) is 17.2. The number of carbonyl (C=O) groups is 4. The van der Waals surface area contributed by atoms with Crippen molar-refractivity contribution in [2.75, 3.05) is 30.6 Å². The molecule has 10 heteroatoms. The van der Waals surface area contributed by atoms with Crippen LogP contribution in [-0.2, 0) is 0 Å². The summed E-state index contributed by atoms with van der Waals surface area (Å²) < 4.78 is 0. The molecule has 0 N–H and O–H groups in total. The van der Waals surface area contributed by atoms with Crippen LogP contribution < -0.4 is 0 Å². The molecule has 1 aliphatic carbocycles. The van der Waals surface area contributed by atoms with E-state index in [4.69, 9.17) is 0 Å². The maximum absolute atomic E-state index is 14.8. The lowest BCUT2D eigenvalue weighted by Crippen LogP contribution is -2.47. The average molecular weight is 932 g/mol. The fourth-order valence-electron chi connectivity index (χ4n) is 10.5. The van der Waals surface area contributed by atoms with E-state index in [1.165, 1.54) is 93.5 Å². The lowest BCUT2D eigenvalue weighted by Gasteiger charge is -2.35. The lowest BCUT2D eigenvalue weighted by molar-refractivity contribution is 0.0514. The summed E-state index contributed by atoms with van der Waals surface area (Å²) >= 11 is 0. The lowest BCUT2D eigenvalue weighted by atomic mass is 9.82. The first-order valence-corrected chi connectivity index (χ1v) is 29.4. The summed E-state index contributed by atoms with van der Waals surface area (Å²) in [5.41, 5.74) is 2.25. The number of nitrogens with zero attached hydrogens (tertiary/aromatic N) is 2. The van der Waals surface area contributed by atoms with Crippen molar-refractivity contribution >= 4 is 110 Å². The minimum absolute atomic E-state index is 0.130. The first-order chi connectivity index (χ1) is 31.4.